The van der Waals surface area contributed by atoms with Gasteiger partial charge in [-0.05, 0) is 78.5 Å². The number of aliphatic hydroxyl groups excluding tert-OH is 1. The Morgan fingerprint density at radius 2 is 1.67 bits per heavy atom. The van der Waals surface area contributed by atoms with Crippen LogP contribution in [-0.2, 0) is 14.3 Å². The van der Waals surface area contributed by atoms with Crippen LogP contribution in [-0.4, -0.2) is 58.2 Å². The van der Waals surface area contributed by atoms with Crippen LogP contribution in [0.3, 0.4) is 0 Å². The molecule has 204 valence electrons. The maximum atomic E-state index is 13.8. The van der Waals surface area contributed by atoms with Crippen molar-refractivity contribution in [3.05, 3.63) is 34.9 Å². The Labute approximate surface area is 217 Å². The Hall–Kier alpha value is -2.61. The van der Waals surface area contributed by atoms with Crippen molar-refractivity contribution in [1.82, 2.24) is 15.5 Å². The van der Waals surface area contributed by atoms with Gasteiger partial charge in [0.2, 0.25) is 11.8 Å². The van der Waals surface area contributed by atoms with Gasteiger partial charge in [-0.15, -0.1) is 0 Å². The molecule has 2 atom stereocenters. The molecule has 0 aliphatic heterocycles. The minimum atomic E-state index is -1.25. The van der Waals surface area contributed by atoms with Crippen LogP contribution in [0.4, 0.5) is 4.79 Å². The molecule has 0 saturated carbocycles. The van der Waals surface area contributed by atoms with Crippen LogP contribution in [0, 0.1) is 13.8 Å². The largest absolute Gasteiger partial charge is 0.444 e. The predicted octanol–water partition coefficient (Wildman–Crippen LogP) is 4.55. The molecule has 1 aromatic rings. The topological polar surface area (TPSA) is 108 Å². The molecule has 0 spiro atoms. The van der Waals surface area contributed by atoms with Crippen LogP contribution in [0.25, 0.3) is 0 Å². The number of carbonyl (C=O) groups is 3. The average molecular weight is 506 g/mol. The summed E-state index contributed by atoms with van der Waals surface area (Å²) in [5.74, 6) is -0.844. The van der Waals surface area contributed by atoms with Crippen LogP contribution >= 0.6 is 0 Å². The van der Waals surface area contributed by atoms with E-state index >= 15 is 0 Å². The van der Waals surface area contributed by atoms with E-state index in [1.807, 2.05) is 52.8 Å². The molecule has 1 rings (SSSR count). The number of aliphatic hydroxyl groups is 1. The van der Waals surface area contributed by atoms with E-state index in [-0.39, 0.29) is 5.91 Å². The normalized spacial score (nSPS) is 13.5. The quantitative estimate of drug-likeness (QED) is 0.382. The molecule has 0 radical (unpaired) electrons. The molecular weight excluding hydrogens is 458 g/mol. The monoisotopic (exact) mass is 505 g/mol. The second-order valence-corrected chi connectivity index (χ2v) is 11.4. The number of ether oxygens (including phenoxy) is 1. The summed E-state index contributed by atoms with van der Waals surface area (Å²) in [5.41, 5.74) is 1.36. The first-order valence-corrected chi connectivity index (χ1v) is 12.9. The van der Waals surface area contributed by atoms with Gasteiger partial charge in [-0.1, -0.05) is 44.4 Å². The zero-order valence-corrected chi connectivity index (χ0v) is 23.7. The fraction of sp³-hybridized carbons (Fsp3) is 0.679. The number of amides is 3. The maximum absolute atomic E-state index is 13.8. The number of rotatable bonds is 11. The van der Waals surface area contributed by atoms with Crippen molar-refractivity contribution >= 4 is 17.9 Å². The molecule has 0 aromatic heterocycles. The lowest BCUT2D eigenvalue weighted by Crippen LogP contribution is -2.56. The van der Waals surface area contributed by atoms with E-state index in [2.05, 4.69) is 17.6 Å². The summed E-state index contributed by atoms with van der Waals surface area (Å²) in [7, 11) is 0. The molecule has 0 heterocycles. The molecule has 8 heteroatoms. The Bertz CT molecular complexity index is 886. The van der Waals surface area contributed by atoms with Crippen molar-refractivity contribution in [2.75, 3.05) is 13.2 Å². The van der Waals surface area contributed by atoms with Gasteiger partial charge in [0.15, 0.2) is 0 Å². The highest BCUT2D eigenvalue weighted by molar-refractivity contribution is 5.92. The van der Waals surface area contributed by atoms with Gasteiger partial charge in [-0.25, -0.2) is 4.79 Å². The van der Waals surface area contributed by atoms with E-state index in [4.69, 9.17) is 4.74 Å². The molecule has 0 aliphatic rings. The van der Waals surface area contributed by atoms with Crippen molar-refractivity contribution < 1.29 is 24.2 Å². The van der Waals surface area contributed by atoms with Crippen LogP contribution < -0.4 is 10.6 Å². The number of hydrogen-bond acceptors (Lipinski definition) is 5. The average Bonchev–Trinajstić information content (AvgIpc) is 2.73. The van der Waals surface area contributed by atoms with Crippen molar-refractivity contribution in [2.45, 2.75) is 111 Å². The lowest BCUT2D eigenvalue weighted by atomic mass is 9.94. The molecule has 8 nitrogen and oxygen atoms in total. The third-order valence-electron chi connectivity index (χ3n) is 5.71. The number of carbonyl (C=O) groups excluding carboxylic acids is 3. The van der Waals surface area contributed by atoms with E-state index < -0.39 is 41.8 Å². The second kappa shape index (κ2) is 13.6. The van der Waals surface area contributed by atoms with Gasteiger partial charge in [-0.2, -0.15) is 0 Å². The maximum Gasteiger partial charge on any atom is 0.408 e. The standard InChI is InChI=1S/C28H47N3O5/c1-10-11-12-13-17-31(25(34)22(18-32)29-26(35)36-28(7,8)9)23(24(33)30-27(4,5)6)21-16-14-15-19(2)20(21)3/h14-16,22-23,32H,10-13,17-18H2,1-9H3,(H,29,35)(H,30,33). The Morgan fingerprint density at radius 1 is 1.03 bits per heavy atom. The lowest BCUT2D eigenvalue weighted by Gasteiger charge is -2.36. The summed E-state index contributed by atoms with van der Waals surface area (Å²) in [6.45, 7) is 16.5. The molecule has 3 amide bonds. The summed E-state index contributed by atoms with van der Waals surface area (Å²) in [6, 6.07) is 3.52. The molecule has 1 aromatic carbocycles. The minimum Gasteiger partial charge on any atom is -0.444 e. The first-order valence-electron chi connectivity index (χ1n) is 12.9. The first kappa shape index (κ1) is 31.4. The zero-order valence-electron chi connectivity index (χ0n) is 23.7. The van der Waals surface area contributed by atoms with Gasteiger partial charge in [0.25, 0.3) is 0 Å². The van der Waals surface area contributed by atoms with Crippen LogP contribution in [0.1, 0.15) is 96.9 Å². The molecule has 0 saturated heterocycles. The summed E-state index contributed by atoms with van der Waals surface area (Å²) < 4.78 is 5.30. The van der Waals surface area contributed by atoms with E-state index in [1.165, 1.54) is 4.90 Å². The second-order valence-electron chi connectivity index (χ2n) is 11.4. The number of nitrogens with zero attached hydrogens (tertiary/aromatic N) is 1. The number of nitrogens with one attached hydrogen (secondary N) is 2. The van der Waals surface area contributed by atoms with Gasteiger partial charge >= 0.3 is 6.09 Å². The number of hydrogen-bond donors (Lipinski definition) is 3. The lowest BCUT2D eigenvalue weighted by molar-refractivity contribution is -0.144. The van der Waals surface area contributed by atoms with Gasteiger partial charge < -0.3 is 25.4 Å². The Morgan fingerprint density at radius 3 is 2.19 bits per heavy atom. The minimum absolute atomic E-state index is 0.306. The number of benzene rings is 1. The van der Waals surface area contributed by atoms with Gasteiger partial charge in [0, 0.05) is 12.1 Å². The zero-order chi connectivity index (χ0) is 27.7. The molecule has 0 fully saturated rings. The van der Waals surface area contributed by atoms with Crippen molar-refractivity contribution in [3.63, 3.8) is 0 Å². The number of aryl methyl sites for hydroxylation is 1. The molecule has 36 heavy (non-hydrogen) atoms. The van der Waals surface area contributed by atoms with Gasteiger partial charge in [0.1, 0.15) is 17.7 Å². The third-order valence-corrected chi connectivity index (χ3v) is 5.71. The van der Waals surface area contributed by atoms with E-state index in [0.29, 0.717) is 13.0 Å². The first-order chi connectivity index (χ1) is 16.6. The van der Waals surface area contributed by atoms with Crippen LogP contribution in [0.2, 0.25) is 0 Å². The highest BCUT2D eigenvalue weighted by atomic mass is 16.6. The highest BCUT2D eigenvalue weighted by Crippen LogP contribution is 2.28. The van der Waals surface area contributed by atoms with E-state index in [1.54, 1.807) is 20.8 Å². The Balaban J connectivity index is 3.50. The van der Waals surface area contributed by atoms with E-state index in [9.17, 15) is 19.5 Å². The third kappa shape index (κ3) is 10.2. The van der Waals surface area contributed by atoms with E-state index in [0.717, 1.165) is 36.0 Å². The summed E-state index contributed by atoms with van der Waals surface area (Å²) in [5, 5.41) is 15.6. The number of unbranched alkanes of at least 4 members (excludes halogenated alkanes) is 3. The molecule has 0 aliphatic carbocycles. The van der Waals surface area contributed by atoms with Gasteiger partial charge in [0.05, 0.1) is 6.61 Å². The van der Waals surface area contributed by atoms with Crippen molar-refractivity contribution in [3.8, 4) is 0 Å². The molecule has 2 unspecified atom stereocenters. The number of alkyl carbamates (subject to hydrolysis) is 1. The molecular formula is C28H47N3O5. The highest BCUT2D eigenvalue weighted by Gasteiger charge is 2.37. The summed E-state index contributed by atoms with van der Waals surface area (Å²) >= 11 is 0. The van der Waals surface area contributed by atoms with Crippen LogP contribution in [0.15, 0.2) is 18.2 Å². The summed E-state index contributed by atoms with van der Waals surface area (Å²) in [4.78, 5) is 41.5. The smallest absolute Gasteiger partial charge is 0.408 e. The van der Waals surface area contributed by atoms with Crippen LogP contribution in [0.5, 0.6) is 0 Å². The SMILES string of the molecule is CCCCCCN(C(=O)C(CO)NC(=O)OC(C)(C)C)C(C(=O)NC(C)(C)C)c1cccc(C)c1C. The van der Waals surface area contributed by atoms with Crippen molar-refractivity contribution in [2.24, 2.45) is 0 Å². The predicted molar refractivity (Wildman–Crippen MR) is 143 cm³/mol. The summed E-state index contributed by atoms with van der Waals surface area (Å²) in [6.07, 6.45) is 2.81. The molecule has 3 N–H and O–H groups in total. The van der Waals surface area contributed by atoms with Crippen molar-refractivity contribution in [1.29, 1.82) is 0 Å². The molecule has 0 bridgehead atoms. The Kier molecular flexibility index (Phi) is 11.9. The van der Waals surface area contributed by atoms with Gasteiger partial charge in [-0.3, -0.25) is 9.59 Å². The fourth-order valence-corrected chi connectivity index (χ4v) is 3.87. The fourth-order valence-electron chi connectivity index (χ4n) is 3.87.